The normalized spacial score (nSPS) is 21.9. The van der Waals surface area contributed by atoms with E-state index >= 15 is 0 Å². The fourth-order valence-electron chi connectivity index (χ4n) is 2.64. The van der Waals surface area contributed by atoms with Gasteiger partial charge in [0, 0.05) is 37.8 Å². The molecule has 19 heavy (non-hydrogen) atoms. The molecule has 1 aliphatic heterocycles. The smallest absolute Gasteiger partial charge is 0.127 e. The molecule has 0 amide bonds. The molecule has 4 heteroatoms. The number of hydrogen-bond acceptors (Lipinski definition) is 3. The van der Waals surface area contributed by atoms with Gasteiger partial charge in [0.1, 0.15) is 11.9 Å². The minimum atomic E-state index is 0.0332. The molecule has 0 fully saturated rings. The Morgan fingerprint density at radius 3 is 2.74 bits per heavy atom. The summed E-state index contributed by atoms with van der Waals surface area (Å²) in [6.45, 7) is 4.29. The van der Waals surface area contributed by atoms with Gasteiger partial charge in [-0.1, -0.05) is 15.9 Å². The van der Waals surface area contributed by atoms with E-state index in [2.05, 4.69) is 41.9 Å². The van der Waals surface area contributed by atoms with Gasteiger partial charge in [-0.05, 0) is 38.1 Å². The molecule has 0 aliphatic carbocycles. The predicted molar refractivity (Wildman–Crippen MR) is 82.8 cm³/mol. The molecule has 2 nitrogen and oxygen atoms in total. The third-order valence-corrected chi connectivity index (χ3v) is 5.01. The topological polar surface area (TPSA) is 35.2 Å². The fraction of sp³-hybridized carbons (Fsp3) is 0.333. The third-order valence-electron chi connectivity index (χ3n) is 3.53. The van der Waals surface area contributed by atoms with Gasteiger partial charge in [0.05, 0.1) is 0 Å². The summed E-state index contributed by atoms with van der Waals surface area (Å²) in [7, 11) is 0. The lowest BCUT2D eigenvalue weighted by atomic mass is 9.94. The SMILES string of the molecule is Cc1cc(C2C[C@H](N)c3cc(Br)ccc3O2)c(C)s1. The van der Waals surface area contributed by atoms with Crippen LogP contribution >= 0.6 is 27.3 Å². The van der Waals surface area contributed by atoms with Crippen molar-refractivity contribution in [2.75, 3.05) is 0 Å². The molecule has 1 aliphatic rings. The zero-order valence-corrected chi connectivity index (χ0v) is 13.3. The van der Waals surface area contributed by atoms with Crippen molar-refractivity contribution in [3.63, 3.8) is 0 Å². The van der Waals surface area contributed by atoms with Crippen LogP contribution in [0.5, 0.6) is 5.75 Å². The first-order chi connectivity index (χ1) is 9.04. The molecular formula is C15H16BrNOS. The van der Waals surface area contributed by atoms with E-state index in [0.717, 1.165) is 22.2 Å². The van der Waals surface area contributed by atoms with Crippen molar-refractivity contribution in [2.45, 2.75) is 32.4 Å². The van der Waals surface area contributed by atoms with Gasteiger partial charge in [-0.3, -0.25) is 0 Å². The predicted octanol–water partition coefficient (Wildman–Crippen LogP) is 4.65. The van der Waals surface area contributed by atoms with Gasteiger partial charge in [-0.15, -0.1) is 11.3 Å². The highest BCUT2D eigenvalue weighted by Gasteiger charge is 2.28. The second kappa shape index (κ2) is 4.93. The van der Waals surface area contributed by atoms with E-state index in [4.69, 9.17) is 10.5 Å². The molecule has 1 aromatic carbocycles. The summed E-state index contributed by atoms with van der Waals surface area (Å²) >= 11 is 5.30. The van der Waals surface area contributed by atoms with Crippen molar-refractivity contribution in [2.24, 2.45) is 5.73 Å². The van der Waals surface area contributed by atoms with Crippen LogP contribution in [0.2, 0.25) is 0 Å². The second-order valence-corrected chi connectivity index (χ2v) is 7.38. The van der Waals surface area contributed by atoms with Gasteiger partial charge in [-0.2, -0.15) is 0 Å². The highest BCUT2D eigenvalue weighted by molar-refractivity contribution is 9.10. The van der Waals surface area contributed by atoms with Crippen molar-refractivity contribution < 1.29 is 4.74 Å². The number of rotatable bonds is 1. The number of benzene rings is 1. The maximum atomic E-state index is 6.30. The average Bonchev–Trinajstić information content (AvgIpc) is 2.69. The molecule has 100 valence electrons. The standard InChI is InChI=1S/C15H16BrNOS/c1-8-5-11(9(2)19-8)15-7-13(17)12-6-10(16)3-4-14(12)18-15/h3-6,13,15H,7,17H2,1-2H3/t13-,15?/m0/s1. The van der Waals surface area contributed by atoms with E-state index < -0.39 is 0 Å². The largest absolute Gasteiger partial charge is 0.485 e. The monoisotopic (exact) mass is 337 g/mol. The lowest BCUT2D eigenvalue weighted by Gasteiger charge is -2.30. The molecule has 1 aromatic heterocycles. The Balaban J connectivity index is 1.97. The highest BCUT2D eigenvalue weighted by Crippen LogP contribution is 2.42. The van der Waals surface area contributed by atoms with Gasteiger partial charge in [0.15, 0.2) is 0 Å². The maximum Gasteiger partial charge on any atom is 0.127 e. The van der Waals surface area contributed by atoms with Crippen LogP contribution in [0.1, 0.15) is 39.4 Å². The van der Waals surface area contributed by atoms with Crippen LogP contribution < -0.4 is 10.5 Å². The summed E-state index contributed by atoms with van der Waals surface area (Å²) in [6.07, 6.45) is 0.911. The average molecular weight is 338 g/mol. The van der Waals surface area contributed by atoms with Crippen LogP contribution in [-0.4, -0.2) is 0 Å². The summed E-state index contributed by atoms with van der Waals surface area (Å²) in [5, 5.41) is 0. The van der Waals surface area contributed by atoms with Crippen molar-refractivity contribution in [3.8, 4) is 5.75 Å². The van der Waals surface area contributed by atoms with Crippen molar-refractivity contribution in [1.29, 1.82) is 0 Å². The minimum absolute atomic E-state index is 0.0332. The lowest BCUT2D eigenvalue weighted by Crippen LogP contribution is -2.24. The molecule has 2 atom stereocenters. The Kier molecular flexibility index (Phi) is 3.41. The molecule has 0 bridgehead atoms. The van der Waals surface area contributed by atoms with Gasteiger partial charge in [-0.25, -0.2) is 0 Å². The highest BCUT2D eigenvalue weighted by atomic mass is 79.9. The van der Waals surface area contributed by atoms with Crippen molar-refractivity contribution >= 4 is 27.3 Å². The molecule has 0 saturated carbocycles. The molecule has 2 heterocycles. The minimum Gasteiger partial charge on any atom is -0.485 e. The number of fused-ring (bicyclic) bond motifs is 1. The van der Waals surface area contributed by atoms with Crippen molar-refractivity contribution in [1.82, 2.24) is 0 Å². The fourth-order valence-corrected chi connectivity index (χ4v) is 3.99. The first kappa shape index (κ1) is 13.2. The Hall–Kier alpha value is -0.840. The van der Waals surface area contributed by atoms with Crippen LogP contribution in [0.4, 0.5) is 0 Å². The van der Waals surface area contributed by atoms with Gasteiger partial charge in [0.25, 0.3) is 0 Å². The third kappa shape index (κ3) is 2.45. The maximum absolute atomic E-state index is 6.30. The van der Waals surface area contributed by atoms with Crippen molar-refractivity contribution in [3.05, 3.63) is 49.6 Å². The summed E-state index contributed by atoms with van der Waals surface area (Å²) < 4.78 is 7.19. The number of nitrogens with two attached hydrogens (primary N) is 1. The Morgan fingerprint density at radius 1 is 1.26 bits per heavy atom. The van der Waals surface area contributed by atoms with Gasteiger partial charge in [0.2, 0.25) is 0 Å². The number of ether oxygens (including phenoxy) is 1. The summed E-state index contributed by atoms with van der Waals surface area (Å²) in [5.74, 6) is 0.912. The Morgan fingerprint density at radius 2 is 2.05 bits per heavy atom. The van der Waals surface area contributed by atoms with E-state index in [1.807, 2.05) is 23.5 Å². The Bertz CT molecular complexity index is 623. The summed E-state index contributed by atoms with van der Waals surface area (Å²) in [5.41, 5.74) is 8.68. The Labute approximate surface area is 125 Å². The molecule has 0 radical (unpaired) electrons. The quantitative estimate of drug-likeness (QED) is 0.821. The number of aryl methyl sites for hydroxylation is 2. The second-order valence-electron chi connectivity index (χ2n) is 5.00. The van der Waals surface area contributed by atoms with E-state index in [1.54, 1.807) is 0 Å². The molecule has 1 unspecified atom stereocenters. The van der Waals surface area contributed by atoms with Gasteiger partial charge >= 0.3 is 0 Å². The van der Waals surface area contributed by atoms with Gasteiger partial charge < -0.3 is 10.5 Å². The summed E-state index contributed by atoms with van der Waals surface area (Å²) in [6, 6.07) is 8.31. The van der Waals surface area contributed by atoms with Crippen LogP contribution in [0, 0.1) is 13.8 Å². The summed E-state index contributed by atoms with van der Waals surface area (Å²) in [4.78, 5) is 2.65. The van der Waals surface area contributed by atoms with Crippen LogP contribution in [0.15, 0.2) is 28.7 Å². The van der Waals surface area contributed by atoms with Crippen LogP contribution in [0.3, 0.4) is 0 Å². The molecule has 0 saturated heterocycles. The first-order valence-corrected chi connectivity index (χ1v) is 7.94. The van der Waals surface area contributed by atoms with E-state index in [0.29, 0.717) is 0 Å². The zero-order valence-electron chi connectivity index (χ0n) is 10.9. The lowest BCUT2D eigenvalue weighted by molar-refractivity contribution is 0.161. The molecule has 3 rings (SSSR count). The molecular weight excluding hydrogens is 322 g/mol. The zero-order chi connectivity index (χ0) is 13.6. The molecule has 0 spiro atoms. The van der Waals surface area contributed by atoms with E-state index in [1.165, 1.54) is 15.3 Å². The van der Waals surface area contributed by atoms with E-state index in [9.17, 15) is 0 Å². The van der Waals surface area contributed by atoms with E-state index in [-0.39, 0.29) is 12.1 Å². The number of halogens is 1. The number of hydrogen-bond donors (Lipinski definition) is 1. The number of thiophene rings is 1. The molecule has 2 N–H and O–H groups in total. The molecule has 2 aromatic rings. The van der Waals surface area contributed by atoms with Crippen LogP contribution in [-0.2, 0) is 0 Å². The van der Waals surface area contributed by atoms with Crippen LogP contribution in [0.25, 0.3) is 0 Å². The first-order valence-electron chi connectivity index (χ1n) is 6.33.